The maximum Gasteiger partial charge on any atom is 0.411 e. The number of ether oxygens (including phenoxy) is 1. The monoisotopic (exact) mass is 360 g/mol. The molecule has 1 heterocycles. The molecule has 0 fully saturated rings. The molecule has 0 spiro atoms. The summed E-state index contributed by atoms with van der Waals surface area (Å²) in [5.74, 6) is -2.25. The van der Waals surface area contributed by atoms with Gasteiger partial charge in [-0.15, -0.1) is 0 Å². The number of hydrogen-bond donors (Lipinski definition) is 1. The Labute approximate surface area is 149 Å². The smallest absolute Gasteiger partial charge is 0.411 e. The number of rotatable bonds is 3. The first-order valence-corrected chi connectivity index (χ1v) is 8.33. The van der Waals surface area contributed by atoms with Crippen molar-refractivity contribution in [1.82, 2.24) is 0 Å². The summed E-state index contributed by atoms with van der Waals surface area (Å²) in [6.45, 7) is 2.33. The van der Waals surface area contributed by atoms with Crippen LogP contribution in [0.25, 0.3) is 0 Å². The first-order valence-electron chi connectivity index (χ1n) is 8.33. The van der Waals surface area contributed by atoms with Crippen molar-refractivity contribution >= 4 is 23.4 Å². The predicted octanol–water partition coefficient (Wildman–Crippen LogP) is 4.13. The highest BCUT2D eigenvalue weighted by molar-refractivity contribution is 6.07. The molecule has 1 N–H and O–H groups in total. The van der Waals surface area contributed by atoms with Crippen LogP contribution in [0.3, 0.4) is 0 Å². The maximum atomic E-state index is 13.7. The van der Waals surface area contributed by atoms with Gasteiger partial charge >= 0.3 is 6.09 Å². The van der Waals surface area contributed by atoms with E-state index in [4.69, 9.17) is 4.74 Å². The van der Waals surface area contributed by atoms with Crippen molar-refractivity contribution in [3.05, 3.63) is 59.2 Å². The molecular weight excluding hydrogens is 342 g/mol. The Morgan fingerprint density at radius 2 is 1.96 bits per heavy atom. The van der Waals surface area contributed by atoms with Gasteiger partial charge in [-0.05, 0) is 49.6 Å². The van der Waals surface area contributed by atoms with Crippen molar-refractivity contribution in [1.29, 1.82) is 0 Å². The number of anilines is 2. The standard InChI is InChI=1S/C19H18F2N2O3/c1-2-26-19(25)22-14-7-3-5-13(9-14)18(24)23-8-4-6-12-10-15(20)16(21)11-17(12)23/h3,5,7,9-11H,2,4,6,8H2,1H3,(H,22,25). The van der Waals surface area contributed by atoms with Gasteiger partial charge in [-0.3, -0.25) is 10.1 Å². The third-order valence-electron chi connectivity index (χ3n) is 4.12. The van der Waals surface area contributed by atoms with E-state index in [1.54, 1.807) is 25.1 Å². The summed E-state index contributed by atoms with van der Waals surface area (Å²) >= 11 is 0. The topological polar surface area (TPSA) is 58.6 Å². The molecule has 0 bridgehead atoms. The van der Waals surface area contributed by atoms with Crippen LogP contribution < -0.4 is 10.2 Å². The van der Waals surface area contributed by atoms with E-state index in [2.05, 4.69) is 5.32 Å². The molecule has 2 amide bonds. The predicted molar refractivity (Wildman–Crippen MR) is 93.4 cm³/mol. The van der Waals surface area contributed by atoms with Crippen molar-refractivity contribution in [3.63, 3.8) is 0 Å². The first-order chi connectivity index (χ1) is 12.5. The van der Waals surface area contributed by atoms with Gasteiger partial charge in [-0.25, -0.2) is 13.6 Å². The zero-order valence-corrected chi connectivity index (χ0v) is 14.2. The number of nitrogens with one attached hydrogen (secondary N) is 1. The van der Waals surface area contributed by atoms with Gasteiger partial charge in [-0.1, -0.05) is 6.07 Å². The lowest BCUT2D eigenvalue weighted by Gasteiger charge is -2.29. The highest BCUT2D eigenvalue weighted by Crippen LogP contribution is 2.30. The van der Waals surface area contributed by atoms with E-state index >= 15 is 0 Å². The number of nitrogens with zero attached hydrogens (tertiary/aromatic N) is 1. The second-order valence-electron chi connectivity index (χ2n) is 5.88. The average Bonchev–Trinajstić information content (AvgIpc) is 2.62. The number of carbonyl (C=O) groups excluding carboxylic acids is 2. The largest absolute Gasteiger partial charge is 0.450 e. The van der Waals surface area contributed by atoms with Crippen molar-refractivity contribution in [2.24, 2.45) is 0 Å². The Hall–Kier alpha value is -2.96. The Morgan fingerprint density at radius 1 is 1.19 bits per heavy atom. The van der Waals surface area contributed by atoms with Gasteiger partial charge in [0, 0.05) is 23.9 Å². The molecule has 0 saturated carbocycles. The average molecular weight is 360 g/mol. The molecule has 2 aromatic rings. The summed E-state index contributed by atoms with van der Waals surface area (Å²) in [7, 11) is 0. The lowest BCUT2D eigenvalue weighted by Crippen LogP contribution is -2.35. The fourth-order valence-corrected chi connectivity index (χ4v) is 2.96. The zero-order valence-electron chi connectivity index (χ0n) is 14.2. The summed E-state index contributed by atoms with van der Waals surface area (Å²) < 4.78 is 31.9. The molecule has 0 radical (unpaired) electrons. The SMILES string of the molecule is CCOC(=O)Nc1cccc(C(=O)N2CCCc3cc(F)c(F)cc32)c1. The van der Waals surface area contributed by atoms with E-state index in [-0.39, 0.29) is 12.5 Å². The molecule has 0 atom stereocenters. The summed E-state index contributed by atoms with van der Waals surface area (Å²) in [6.07, 6.45) is 0.628. The third-order valence-corrected chi connectivity index (χ3v) is 4.12. The van der Waals surface area contributed by atoms with Gasteiger partial charge in [0.15, 0.2) is 11.6 Å². The molecule has 26 heavy (non-hydrogen) atoms. The van der Waals surface area contributed by atoms with Crippen LogP contribution in [-0.2, 0) is 11.2 Å². The number of aryl methyl sites for hydroxylation is 1. The van der Waals surface area contributed by atoms with E-state index in [1.165, 1.54) is 11.0 Å². The van der Waals surface area contributed by atoms with Crippen LogP contribution in [-0.4, -0.2) is 25.2 Å². The Bertz CT molecular complexity index is 855. The number of amides is 2. The van der Waals surface area contributed by atoms with Crippen LogP contribution in [0, 0.1) is 11.6 Å². The molecule has 0 aliphatic carbocycles. The molecule has 136 valence electrons. The van der Waals surface area contributed by atoms with E-state index in [0.29, 0.717) is 41.9 Å². The molecule has 1 aliphatic rings. The van der Waals surface area contributed by atoms with Crippen molar-refractivity contribution in [2.75, 3.05) is 23.4 Å². The minimum Gasteiger partial charge on any atom is -0.450 e. The van der Waals surface area contributed by atoms with Crippen molar-refractivity contribution in [2.45, 2.75) is 19.8 Å². The van der Waals surface area contributed by atoms with E-state index in [9.17, 15) is 18.4 Å². The molecule has 0 aromatic heterocycles. The molecular formula is C19H18F2N2O3. The van der Waals surface area contributed by atoms with Crippen LogP contribution in [0.2, 0.25) is 0 Å². The van der Waals surface area contributed by atoms with E-state index in [1.807, 2.05) is 0 Å². The minimum atomic E-state index is -0.985. The third kappa shape index (κ3) is 3.66. The van der Waals surface area contributed by atoms with Gasteiger partial charge < -0.3 is 9.64 Å². The molecule has 3 rings (SSSR count). The lowest BCUT2D eigenvalue weighted by atomic mass is 10.00. The Kier molecular flexibility index (Phi) is 5.16. The number of hydrogen-bond acceptors (Lipinski definition) is 3. The number of benzene rings is 2. The van der Waals surface area contributed by atoms with Gasteiger partial charge in [0.05, 0.1) is 12.3 Å². The molecule has 2 aromatic carbocycles. The van der Waals surface area contributed by atoms with E-state index < -0.39 is 17.7 Å². The summed E-state index contributed by atoms with van der Waals surface area (Å²) in [5, 5.41) is 2.54. The Balaban J connectivity index is 1.87. The minimum absolute atomic E-state index is 0.233. The summed E-state index contributed by atoms with van der Waals surface area (Å²) in [4.78, 5) is 25.8. The molecule has 0 unspecified atom stereocenters. The van der Waals surface area contributed by atoms with Gasteiger partial charge in [0.1, 0.15) is 0 Å². The van der Waals surface area contributed by atoms with Crippen LogP contribution in [0.1, 0.15) is 29.3 Å². The van der Waals surface area contributed by atoms with E-state index in [0.717, 1.165) is 12.1 Å². The normalized spacial score (nSPS) is 13.1. The molecule has 5 nitrogen and oxygen atoms in total. The maximum absolute atomic E-state index is 13.7. The summed E-state index contributed by atoms with van der Waals surface area (Å²) in [5.41, 5.74) is 1.72. The second kappa shape index (κ2) is 7.51. The lowest BCUT2D eigenvalue weighted by molar-refractivity contribution is 0.0985. The highest BCUT2D eigenvalue weighted by Gasteiger charge is 2.25. The van der Waals surface area contributed by atoms with Crippen LogP contribution >= 0.6 is 0 Å². The molecule has 1 aliphatic heterocycles. The zero-order chi connectivity index (χ0) is 18.7. The van der Waals surface area contributed by atoms with Crippen molar-refractivity contribution in [3.8, 4) is 0 Å². The van der Waals surface area contributed by atoms with Gasteiger partial charge in [0.2, 0.25) is 0 Å². The number of fused-ring (bicyclic) bond motifs is 1. The fraction of sp³-hybridized carbons (Fsp3) is 0.263. The van der Waals surface area contributed by atoms with Gasteiger partial charge in [0.25, 0.3) is 5.91 Å². The van der Waals surface area contributed by atoms with Gasteiger partial charge in [-0.2, -0.15) is 0 Å². The number of halogens is 2. The van der Waals surface area contributed by atoms with Crippen molar-refractivity contribution < 1.29 is 23.1 Å². The highest BCUT2D eigenvalue weighted by atomic mass is 19.2. The molecule has 7 heteroatoms. The second-order valence-corrected chi connectivity index (χ2v) is 5.88. The first kappa shape index (κ1) is 17.8. The van der Waals surface area contributed by atoms with Crippen LogP contribution in [0.15, 0.2) is 36.4 Å². The van der Waals surface area contributed by atoms with Crippen LogP contribution in [0.5, 0.6) is 0 Å². The number of carbonyl (C=O) groups is 2. The fourth-order valence-electron chi connectivity index (χ4n) is 2.96. The quantitative estimate of drug-likeness (QED) is 0.895. The molecule has 0 saturated heterocycles. The summed E-state index contributed by atoms with van der Waals surface area (Å²) in [6, 6.07) is 8.59. The van der Waals surface area contributed by atoms with Crippen LogP contribution in [0.4, 0.5) is 25.0 Å². The Morgan fingerprint density at radius 3 is 2.73 bits per heavy atom.